The molecule has 7 nitrogen and oxygen atoms in total. The summed E-state index contributed by atoms with van der Waals surface area (Å²) < 4.78 is 16.2. The van der Waals surface area contributed by atoms with E-state index in [-0.39, 0.29) is 17.8 Å². The zero-order chi connectivity index (χ0) is 19.5. The number of amides is 1. The molecule has 4 aromatic rings. The van der Waals surface area contributed by atoms with E-state index in [4.69, 9.17) is 13.9 Å². The Labute approximate surface area is 160 Å². The van der Waals surface area contributed by atoms with Crippen molar-refractivity contribution in [3.8, 4) is 23.0 Å². The maximum atomic E-state index is 12.7. The van der Waals surface area contributed by atoms with E-state index in [1.165, 1.54) is 7.11 Å². The molecule has 0 aliphatic carbocycles. The molecule has 4 rings (SSSR count). The summed E-state index contributed by atoms with van der Waals surface area (Å²) in [5, 5.41) is 12.4. The van der Waals surface area contributed by atoms with Crippen LogP contribution in [0.4, 0.5) is 6.01 Å². The van der Waals surface area contributed by atoms with Crippen molar-refractivity contribution >= 4 is 22.7 Å². The van der Waals surface area contributed by atoms with Gasteiger partial charge in [0.05, 0.1) is 19.8 Å². The molecule has 0 aliphatic heterocycles. The zero-order valence-electron chi connectivity index (χ0n) is 15.3. The third-order valence-corrected chi connectivity index (χ3v) is 4.32. The first-order chi connectivity index (χ1) is 13.7. The topological polar surface area (TPSA) is 86.5 Å². The molecule has 1 N–H and O–H groups in total. The molecule has 0 spiro atoms. The van der Waals surface area contributed by atoms with Gasteiger partial charge in [-0.1, -0.05) is 41.5 Å². The van der Waals surface area contributed by atoms with Crippen LogP contribution < -0.4 is 14.8 Å². The van der Waals surface area contributed by atoms with Crippen LogP contribution in [0.15, 0.2) is 65.1 Å². The summed E-state index contributed by atoms with van der Waals surface area (Å²) >= 11 is 0. The number of ether oxygens (including phenoxy) is 2. The number of fused-ring (bicyclic) bond motifs is 1. The lowest BCUT2D eigenvalue weighted by Gasteiger charge is -2.07. The number of aromatic nitrogens is 2. The van der Waals surface area contributed by atoms with E-state index in [0.29, 0.717) is 22.6 Å². The molecule has 0 saturated heterocycles. The molecule has 1 heterocycles. The number of anilines is 1. The van der Waals surface area contributed by atoms with E-state index in [1.54, 1.807) is 31.4 Å². The van der Waals surface area contributed by atoms with Crippen LogP contribution in [0.2, 0.25) is 0 Å². The molecule has 3 aromatic carbocycles. The van der Waals surface area contributed by atoms with Crippen molar-refractivity contribution in [3.05, 3.63) is 66.2 Å². The van der Waals surface area contributed by atoms with Crippen LogP contribution >= 0.6 is 0 Å². The molecule has 0 fully saturated rings. The third kappa shape index (κ3) is 3.25. The SMILES string of the molecule is COc1ccc(-c2nnc(NC(=O)c3cccc4ccccc34)o2)c(OC)c1. The van der Waals surface area contributed by atoms with Crippen molar-refractivity contribution < 1.29 is 18.7 Å². The summed E-state index contributed by atoms with van der Waals surface area (Å²) in [5.74, 6) is 1.07. The highest BCUT2D eigenvalue weighted by Crippen LogP contribution is 2.33. The summed E-state index contributed by atoms with van der Waals surface area (Å²) in [5.41, 5.74) is 1.13. The van der Waals surface area contributed by atoms with Crippen molar-refractivity contribution in [1.82, 2.24) is 10.2 Å². The number of hydrogen-bond donors (Lipinski definition) is 1. The number of benzene rings is 3. The molecule has 0 bridgehead atoms. The van der Waals surface area contributed by atoms with Crippen LogP contribution in [0.1, 0.15) is 10.4 Å². The summed E-state index contributed by atoms with van der Waals surface area (Å²) in [7, 11) is 3.11. The predicted molar refractivity (Wildman–Crippen MR) is 105 cm³/mol. The molecule has 1 aromatic heterocycles. The molecular weight excluding hydrogens is 358 g/mol. The van der Waals surface area contributed by atoms with Crippen molar-refractivity contribution in [1.29, 1.82) is 0 Å². The highest BCUT2D eigenvalue weighted by molar-refractivity contribution is 6.12. The van der Waals surface area contributed by atoms with Gasteiger partial charge in [-0.15, -0.1) is 5.10 Å². The van der Waals surface area contributed by atoms with Crippen LogP contribution in [0.5, 0.6) is 11.5 Å². The van der Waals surface area contributed by atoms with Gasteiger partial charge >= 0.3 is 6.01 Å². The maximum absolute atomic E-state index is 12.7. The van der Waals surface area contributed by atoms with Gasteiger partial charge < -0.3 is 13.9 Å². The average Bonchev–Trinajstić information content (AvgIpc) is 3.20. The largest absolute Gasteiger partial charge is 0.497 e. The lowest BCUT2D eigenvalue weighted by Crippen LogP contribution is -2.12. The fourth-order valence-electron chi connectivity index (χ4n) is 2.95. The van der Waals surface area contributed by atoms with E-state index in [9.17, 15) is 4.79 Å². The second-order valence-corrected chi connectivity index (χ2v) is 5.96. The predicted octanol–water partition coefficient (Wildman–Crippen LogP) is 4.16. The van der Waals surface area contributed by atoms with Gasteiger partial charge in [0.2, 0.25) is 0 Å². The number of carbonyl (C=O) groups excluding carboxylic acids is 1. The number of carbonyl (C=O) groups is 1. The molecule has 0 radical (unpaired) electrons. The van der Waals surface area contributed by atoms with Gasteiger partial charge in [0.15, 0.2) is 0 Å². The fourth-order valence-corrected chi connectivity index (χ4v) is 2.95. The second-order valence-electron chi connectivity index (χ2n) is 5.96. The highest BCUT2D eigenvalue weighted by Gasteiger charge is 2.17. The molecule has 140 valence electrons. The smallest absolute Gasteiger partial charge is 0.322 e. The van der Waals surface area contributed by atoms with Gasteiger partial charge in [-0.25, -0.2) is 0 Å². The number of hydrogen-bond acceptors (Lipinski definition) is 6. The van der Waals surface area contributed by atoms with Crippen molar-refractivity contribution in [2.75, 3.05) is 19.5 Å². The minimum Gasteiger partial charge on any atom is -0.497 e. The van der Waals surface area contributed by atoms with Crippen molar-refractivity contribution in [2.45, 2.75) is 0 Å². The molecule has 0 saturated carbocycles. The number of nitrogens with one attached hydrogen (secondary N) is 1. The van der Waals surface area contributed by atoms with Crippen LogP contribution in [0, 0.1) is 0 Å². The quantitative estimate of drug-likeness (QED) is 0.564. The standard InChI is InChI=1S/C21H17N3O4/c1-26-14-10-11-17(18(12-14)27-2)20-23-24-21(28-20)22-19(25)16-9-5-7-13-6-3-4-8-15(13)16/h3-12H,1-2H3,(H,22,24,25). The molecule has 1 amide bonds. The van der Waals surface area contributed by atoms with Gasteiger partial charge in [0.1, 0.15) is 11.5 Å². The average molecular weight is 375 g/mol. The number of rotatable bonds is 5. The minimum atomic E-state index is -0.325. The van der Waals surface area contributed by atoms with Crippen molar-refractivity contribution in [2.24, 2.45) is 0 Å². The molecule has 0 aliphatic rings. The second kappa shape index (κ2) is 7.40. The number of nitrogens with zero attached hydrogens (tertiary/aromatic N) is 2. The van der Waals surface area contributed by atoms with Crippen LogP contribution in [-0.4, -0.2) is 30.3 Å². The van der Waals surface area contributed by atoms with E-state index in [1.807, 2.05) is 36.4 Å². The van der Waals surface area contributed by atoms with E-state index in [2.05, 4.69) is 15.5 Å². The third-order valence-electron chi connectivity index (χ3n) is 4.32. The maximum Gasteiger partial charge on any atom is 0.322 e. The summed E-state index contributed by atoms with van der Waals surface area (Å²) in [6, 6.07) is 18.4. The first kappa shape index (κ1) is 17.5. The normalized spacial score (nSPS) is 10.6. The van der Waals surface area contributed by atoms with Gasteiger partial charge in [0.25, 0.3) is 11.8 Å². The summed E-state index contributed by atoms with van der Waals surface area (Å²) in [6.45, 7) is 0. The summed E-state index contributed by atoms with van der Waals surface area (Å²) in [4.78, 5) is 12.7. The van der Waals surface area contributed by atoms with E-state index >= 15 is 0 Å². The van der Waals surface area contributed by atoms with E-state index in [0.717, 1.165) is 10.8 Å². The minimum absolute atomic E-state index is 0.00538. The summed E-state index contributed by atoms with van der Waals surface area (Å²) in [6.07, 6.45) is 0. The highest BCUT2D eigenvalue weighted by atomic mass is 16.5. The Bertz CT molecular complexity index is 1150. The fraction of sp³-hybridized carbons (Fsp3) is 0.0952. The first-order valence-electron chi connectivity index (χ1n) is 8.54. The number of methoxy groups -OCH3 is 2. The Balaban J connectivity index is 1.61. The lowest BCUT2D eigenvalue weighted by molar-refractivity contribution is 0.102. The van der Waals surface area contributed by atoms with Gasteiger partial charge in [-0.2, -0.15) is 0 Å². The van der Waals surface area contributed by atoms with E-state index < -0.39 is 0 Å². The van der Waals surface area contributed by atoms with Gasteiger partial charge in [-0.3, -0.25) is 10.1 Å². The molecule has 0 unspecified atom stereocenters. The Morgan fingerprint density at radius 1 is 0.964 bits per heavy atom. The molecular formula is C21H17N3O4. The van der Waals surface area contributed by atoms with Crippen molar-refractivity contribution in [3.63, 3.8) is 0 Å². The van der Waals surface area contributed by atoms with Crippen LogP contribution in [0.3, 0.4) is 0 Å². The van der Waals surface area contributed by atoms with Gasteiger partial charge in [0, 0.05) is 11.6 Å². The Hall–Kier alpha value is -3.87. The molecule has 7 heteroatoms. The van der Waals surface area contributed by atoms with Crippen LogP contribution in [-0.2, 0) is 0 Å². The van der Waals surface area contributed by atoms with Crippen LogP contribution in [0.25, 0.3) is 22.2 Å². The Kier molecular flexibility index (Phi) is 4.63. The Morgan fingerprint density at radius 2 is 1.79 bits per heavy atom. The Morgan fingerprint density at radius 3 is 2.61 bits per heavy atom. The lowest BCUT2D eigenvalue weighted by atomic mass is 10.0. The molecule has 0 atom stereocenters. The molecule has 28 heavy (non-hydrogen) atoms. The monoisotopic (exact) mass is 375 g/mol. The zero-order valence-corrected chi connectivity index (χ0v) is 15.3. The van der Waals surface area contributed by atoms with Gasteiger partial charge in [-0.05, 0) is 29.0 Å². The first-order valence-corrected chi connectivity index (χ1v) is 8.54.